The van der Waals surface area contributed by atoms with Crippen molar-refractivity contribution < 1.29 is 14.7 Å². The van der Waals surface area contributed by atoms with E-state index in [1.54, 1.807) is 0 Å². The molecule has 30 heavy (non-hydrogen) atoms. The highest BCUT2D eigenvalue weighted by Gasteiger charge is 2.43. The first kappa shape index (κ1) is 20.1. The highest BCUT2D eigenvalue weighted by Crippen LogP contribution is 2.47. The summed E-state index contributed by atoms with van der Waals surface area (Å²) in [5.41, 5.74) is 5.38. The summed E-state index contributed by atoms with van der Waals surface area (Å²) in [6, 6.07) is 18.0. The van der Waals surface area contributed by atoms with Gasteiger partial charge >= 0.3 is 5.97 Å². The number of dihydropyridines is 1. The second kappa shape index (κ2) is 7.60. The Labute approximate surface area is 177 Å². The monoisotopic (exact) mass is 401 g/mol. The van der Waals surface area contributed by atoms with Crippen LogP contribution in [-0.2, 0) is 9.59 Å². The summed E-state index contributed by atoms with van der Waals surface area (Å²) in [5, 5.41) is 13.4. The van der Waals surface area contributed by atoms with Crippen LogP contribution >= 0.6 is 0 Å². The van der Waals surface area contributed by atoms with Gasteiger partial charge in [-0.15, -0.1) is 0 Å². The summed E-state index contributed by atoms with van der Waals surface area (Å²) >= 11 is 0. The Hall–Kier alpha value is -3.14. The topological polar surface area (TPSA) is 66.4 Å². The van der Waals surface area contributed by atoms with Gasteiger partial charge in [0.25, 0.3) is 0 Å². The maximum Gasteiger partial charge on any atom is 0.334 e. The van der Waals surface area contributed by atoms with Crippen molar-refractivity contribution in [3.63, 3.8) is 0 Å². The number of allylic oxidation sites excluding steroid dienone is 3. The summed E-state index contributed by atoms with van der Waals surface area (Å²) < 4.78 is 0. The largest absolute Gasteiger partial charge is 0.478 e. The average Bonchev–Trinajstić information content (AvgIpc) is 2.72. The summed E-state index contributed by atoms with van der Waals surface area (Å²) in [6.07, 6.45) is 1.75. The first-order valence-electron chi connectivity index (χ1n) is 10.5. The zero-order valence-electron chi connectivity index (χ0n) is 17.7. The molecule has 4 heteroatoms. The molecule has 1 atom stereocenters. The number of hydrogen-bond donors (Lipinski definition) is 2. The Morgan fingerprint density at radius 1 is 1.03 bits per heavy atom. The van der Waals surface area contributed by atoms with Gasteiger partial charge in [0.05, 0.1) is 5.57 Å². The van der Waals surface area contributed by atoms with Crippen LogP contribution in [0.4, 0.5) is 0 Å². The van der Waals surface area contributed by atoms with E-state index in [1.807, 2.05) is 61.5 Å². The fourth-order valence-electron chi connectivity index (χ4n) is 4.71. The molecule has 154 valence electrons. The highest BCUT2D eigenvalue weighted by molar-refractivity contribution is 6.03. The Morgan fingerprint density at radius 2 is 1.67 bits per heavy atom. The van der Waals surface area contributed by atoms with Crippen LogP contribution in [0.25, 0.3) is 11.1 Å². The van der Waals surface area contributed by atoms with Gasteiger partial charge in [0, 0.05) is 29.3 Å². The van der Waals surface area contributed by atoms with Crippen molar-refractivity contribution in [2.24, 2.45) is 5.41 Å². The van der Waals surface area contributed by atoms with E-state index in [0.717, 1.165) is 28.8 Å². The number of ketones is 1. The molecule has 0 aromatic heterocycles. The summed E-state index contributed by atoms with van der Waals surface area (Å²) in [7, 11) is 0. The van der Waals surface area contributed by atoms with Gasteiger partial charge in [0.2, 0.25) is 0 Å². The molecule has 2 aromatic carbocycles. The van der Waals surface area contributed by atoms with E-state index in [2.05, 4.69) is 19.2 Å². The third-order valence-electron chi connectivity index (χ3n) is 6.06. The quantitative estimate of drug-likeness (QED) is 0.717. The van der Waals surface area contributed by atoms with Crippen LogP contribution in [0.2, 0.25) is 0 Å². The Kier molecular flexibility index (Phi) is 5.10. The van der Waals surface area contributed by atoms with E-state index in [9.17, 15) is 14.7 Å². The first-order valence-corrected chi connectivity index (χ1v) is 10.5. The first-order chi connectivity index (χ1) is 14.3. The molecule has 0 bridgehead atoms. The molecule has 4 rings (SSSR count). The molecule has 2 aromatic rings. The number of aliphatic carboxylic acids is 1. The number of carboxylic acid groups (broad SMARTS) is 1. The molecular weight excluding hydrogens is 374 g/mol. The molecule has 2 aliphatic rings. The fourth-order valence-corrected chi connectivity index (χ4v) is 4.71. The number of carboxylic acids is 1. The Balaban J connectivity index is 1.84. The van der Waals surface area contributed by atoms with Crippen LogP contribution in [0.1, 0.15) is 51.5 Å². The van der Waals surface area contributed by atoms with Crippen molar-refractivity contribution >= 4 is 11.8 Å². The molecule has 4 nitrogen and oxygen atoms in total. The van der Waals surface area contributed by atoms with Crippen molar-refractivity contribution in [3.05, 3.63) is 82.7 Å². The summed E-state index contributed by atoms with van der Waals surface area (Å²) in [5.74, 6) is -1.47. The molecule has 2 N–H and O–H groups in total. The fraction of sp³-hybridized carbons (Fsp3) is 0.308. The van der Waals surface area contributed by atoms with Crippen LogP contribution in [0.5, 0.6) is 0 Å². The normalized spacial score (nSPS) is 20.6. The van der Waals surface area contributed by atoms with Crippen molar-refractivity contribution in [1.29, 1.82) is 0 Å². The van der Waals surface area contributed by atoms with Gasteiger partial charge in [-0.25, -0.2) is 4.79 Å². The molecule has 1 aliphatic carbocycles. The minimum absolute atomic E-state index is 0.0415. The van der Waals surface area contributed by atoms with Crippen molar-refractivity contribution in [3.8, 4) is 11.1 Å². The number of rotatable bonds is 4. The maximum absolute atomic E-state index is 13.2. The number of nitrogens with one attached hydrogen (secondary N) is 1. The zero-order valence-corrected chi connectivity index (χ0v) is 17.7. The van der Waals surface area contributed by atoms with Gasteiger partial charge in [-0.3, -0.25) is 4.79 Å². The summed E-state index contributed by atoms with van der Waals surface area (Å²) in [4.78, 5) is 25.4. The molecule has 0 saturated carbocycles. The van der Waals surface area contributed by atoms with Gasteiger partial charge in [-0.2, -0.15) is 0 Å². The van der Waals surface area contributed by atoms with Gasteiger partial charge in [-0.05, 0) is 34.9 Å². The molecule has 0 spiro atoms. The third kappa shape index (κ3) is 3.58. The Bertz CT molecular complexity index is 1060. The van der Waals surface area contributed by atoms with Gasteiger partial charge < -0.3 is 10.4 Å². The van der Waals surface area contributed by atoms with Crippen LogP contribution in [0, 0.1) is 5.41 Å². The van der Waals surface area contributed by atoms with E-state index in [4.69, 9.17) is 0 Å². The smallest absolute Gasteiger partial charge is 0.334 e. The standard InChI is InChI=1S/C26H27NO3/c1-4-19-24(25(29)30)22(23-20(27-19)14-26(2,3)15-21(23)28)18-12-10-17(11-13-18)16-8-6-5-7-9-16/h5-13,22,27H,4,14-15H2,1-3H3,(H,29,30). The maximum atomic E-state index is 13.2. The Morgan fingerprint density at radius 3 is 2.27 bits per heavy atom. The molecule has 0 fully saturated rings. The van der Waals surface area contributed by atoms with Crippen molar-refractivity contribution in [1.82, 2.24) is 5.32 Å². The van der Waals surface area contributed by atoms with Crippen molar-refractivity contribution in [2.75, 3.05) is 0 Å². The lowest BCUT2D eigenvalue weighted by Gasteiger charge is -2.39. The van der Waals surface area contributed by atoms with Gasteiger partial charge in [0.1, 0.15) is 0 Å². The van der Waals surface area contributed by atoms with E-state index >= 15 is 0 Å². The van der Waals surface area contributed by atoms with E-state index in [-0.39, 0.29) is 16.8 Å². The molecule has 0 saturated heterocycles. The molecule has 0 amide bonds. The molecule has 1 heterocycles. The van der Waals surface area contributed by atoms with Crippen LogP contribution < -0.4 is 5.32 Å². The number of benzene rings is 2. The number of hydrogen-bond acceptors (Lipinski definition) is 3. The second-order valence-corrected chi connectivity index (χ2v) is 8.93. The SMILES string of the molecule is CCC1=C(C(=O)O)C(c2ccc(-c3ccccc3)cc2)C2=C(CC(C)(C)CC2=O)N1. The van der Waals surface area contributed by atoms with E-state index in [1.165, 1.54) is 0 Å². The highest BCUT2D eigenvalue weighted by atomic mass is 16.4. The average molecular weight is 402 g/mol. The second-order valence-electron chi connectivity index (χ2n) is 8.93. The van der Waals surface area contributed by atoms with Crippen LogP contribution in [0.15, 0.2) is 77.1 Å². The lowest BCUT2D eigenvalue weighted by atomic mass is 9.68. The molecule has 1 aliphatic heterocycles. The van der Waals surface area contributed by atoms with Crippen LogP contribution in [0.3, 0.4) is 0 Å². The number of Topliss-reactive ketones (excluding diaryl/α,β-unsaturated/α-hetero) is 1. The van der Waals surface area contributed by atoms with Crippen LogP contribution in [-0.4, -0.2) is 16.9 Å². The minimum atomic E-state index is -0.972. The lowest BCUT2D eigenvalue weighted by molar-refractivity contribution is -0.133. The molecular formula is C26H27NO3. The molecule has 1 unspecified atom stereocenters. The lowest BCUT2D eigenvalue weighted by Crippen LogP contribution is -2.38. The number of carbonyl (C=O) groups is 2. The van der Waals surface area contributed by atoms with Gasteiger partial charge in [-0.1, -0.05) is 75.4 Å². The predicted molar refractivity (Wildman–Crippen MR) is 118 cm³/mol. The zero-order chi connectivity index (χ0) is 21.5. The predicted octanol–water partition coefficient (Wildman–Crippen LogP) is 5.43. The third-order valence-corrected chi connectivity index (χ3v) is 6.06. The van der Waals surface area contributed by atoms with Gasteiger partial charge in [0.15, 0.2) is 5.78 Å². The molecule has 0 radical (unpaired) electrons. The summed E-state index contributed by atoms with van der Waals surface area (Å²) in [6.45, 7) is 6.12. The minimum Gasteiger partial charge on any atom is -0.478 e. The van der Waals surface area contributed by atoms with E-state index in [0.29, 0.717) is 24.1 Å². The van der Waals surface area contributed by atoms with Crippen molar-refractivity contribution in [2.45, 2.75) is 46.0 Å². The van der Waals surface area contributed by atoms with E-state index < -0.39 is 11.9 Å². The number of carbonyl (C=O) groups excluding carboxylic acids is 1.